The zero-order valence-electron chi connectivity index (χ0n) is 17.2. The number of nitrogens with one attached hydrogen (secondary N) is 1. The molecule has 2 fully saturated rings. The zero-order valence-corrected chi connectivity index (χ0v) is 17.2. The number of hydrogen-bond acceptors (Lipinski definition) is 3. The summed E-state index contributed by atoms with van der Waals surface area (Å²) in [4.78, 5) is 28.8. The molecule has 2 aliphatic rings. The summed E-state index contributed by atoms with van der Waals surface area (Å²) in [5.74, 6) is 0.0733. The molecule has 2 aromatic rings. The zero-order chi connectivity index (χ0) is 20.4. The van der Waals surface area contributed by atoms with Crippen LogP contribution in [0.3, 0.4) is 0 Å². The fraction of sp³-hybridized carbons (Fsp3) is 0.500. The fourth-order valence-corrected chi connectivity index (χ4v) is 4.32. The first-order chi connectivity index (χ1) is 14.0. The number of benzene rings is 1. The lowest BCUT2D eigenvalue weighted by Crippen LogP contribution is -2.54. The van der Waals surface area contributed by atoms with E-state index in [0.29, 0.717) is 19.6 Å². The second kappa shape index (κ2) is 8.27. The van der Waals surface area contributed by atoms with Crippen LogP contribution in [-0.2, 0) is 6.54 Å². The molecule has 7 nitrogen and oxygen atoms in total. The van der Waals surface area contributed by atoms with E-state index in [4.69, 9.17) is 0 Å². The molecule has 2 saturated heterocycles. The largest absolute Gasteiger partial charge is 0.338 e. The van der Waals surface area contributed by atoms with Gasteiger partial charge in [-0.15, -0.1) is 0 Å². The number of urea groups is 1. The molecule has 2 aliphatic heterocycles. The molecule has 1 N–H and O–H groups in total. The Kier molecular flexibility index (Phi) is 5.56. The highest BCUT2D eigenvalue weighted by molar-refractivity contribution is 5.94. The van der Waals surface area contributed by atoms with Crippen molar-refractivity contribution in [2.45, 2.75) is 45.7 Å². The molecule has 29 heavy (non-hydrogen) atoms. The first-order valence-corrected chi connectivity index (χ1v) is 10.4. The van der Waals surface area contributed by atoms with Crippen LogP contribution in [0.1, 0.15) is 46.6 Å². The predicted molar refractivity (Wildman–Crippen MR) is 111 cm³/mol. The summed E-state index contributed by atoms with van der Waals surface area (Å²) >= 11 is 0. The molecule has 4 rings (SSSR count). The number of aryl methyl sites for hydroxylation is 2. The van der Waals surface area contributed by atoms with Gasteiger partial charge in [-0.25, -0.2) is 4.79 Å². The standard InChI is InChI=1S/C22H29N5O2/c1-16-14-17(2)27(24-16)15-18-4-6-19(7-5-18)21(28)25-12-8-20(9-13-25)26-11-3-10-23-22(26)29/h4-7,14,20H,3,8-13,15H2,1-2H3,(H,23,29). The lowest BCUT2D eigenvalue weighted by atomic mass is 10.0. The molecular weight excluding hydrogens is 366 g/mol. The van der Waals surface area contributed by atoms with Crippen molar-refractivity contribution in [3.8, 4) is 0 Å². The molecule has 0 spiro atoms. The minimum absolute atomic E-state index is 0.0410. The molecule has 0 unspecified atom stereocenters. The molecule has 3 amide bonds. The number of amides is 3. The second-order valence-corrected chi connectivity index (χ2v) is 8.08. The number of nitrogens with zero attached hydrogens (tertiary/aromatic N) is 4. The topological polar surface area (TPSA) is 70.5 Å². The molecule has 7 heteroatoms. The summed E-state index contributed by atoms with van der Waals surface area (Å²) < 4.78 is 1.98. The number of rotatable bonds is 4. The molecule has 0 bridgehead atoms. The SMILES string of the molecule is Cc1cc(C)n(Cc2ccc(C(=O)N3CCC(N4CCCNC4=O)CC3)cc2)n1. The van der Waals surface area contributed by atoms with E-state index >= 15 is 0 Å². The maximum Gasteiger partial charge on any atom is 0.317 e. The average molecular weight is 396 g/mol. The molecule has 0 saturated carbocycles. The summed E-state index contributed by atoms with van der Waals surface area (Å²) in [6.07, 6.45) is 2.68. The third-order valence-electron chi connectivity index (χ3n) is 5.94. The molecule has 1 aromatic carbocycles. The van der Waals surface area contributed by atoms with Crippen LogP contribution in [0.25, 0.3) is 0 Å². The van der Waals surface area contributed by atoms with Crippen LogP contribution < -0.4 is 5.32 Å². The number of piperidine rings is 1. The highest BCUT2D eigenvalue weighted by Gasteiger charge is 2.31. The minimum atomic E-state index is 0.0410. The number of carbonyl (C=O) groups excluding carboxylic acids is 2. The van der Waals surface area contributed by atoms with Crippen LogP contribution in [0.15, 0.2) is 30.3 Å². The van der Waals surface area contributed by atoms with Gasteiger partial charge in [0, 0.05) is 43.5 Å². The van der Waals surface area contributed by atoms with Crippen molar-refractivity contribution in [1.29, 1.82) is 0 Å². The van der Waals surface area contributed by atoms with E-state index in [1.165, 1.54) is 0 Å². The third-order valence-corrected chi connectivity index (χ3v) is 5.94. The van der Waals surface area contributed by atoms with E-state index in [9.17, 15) is 9.59 Å². The van der Waals surface area contributed by atoms with E-state index in [2.05, 4.69) is 23.4 Å². The summed E-state index contributed by atoms with van der Waals surface area (Å²) in [6, 6.07) is 10.2. The predicted octanol–water partition coefficient (Wildman–Crippen LogP) is 2.57. The normalized spacial score (nSPS) is 18.1. The van der Waals surface area contributed by atoms with Gasteiger partial charge in [-0.2, -0.15) is 5.10 Å². The third kappa shape index (κ3) is 4.28. The van der Waals surface area contributed by atoms with Crippen LogP contribution in [-0.4, -0.2) is 63.7 Å². The Labute approximate surface area is 171 Å². The number of likely N-dealkylation sites (tertiary alicyclic amines) is 1. The van der Waals surface area contributed by atoms with Crippen LogP contribution in [0.4, 0.5) is 4.79 Å². The highest BCUT2D eigenvalue weighted by Crippen LogP contribution is 2.20. The van der Waals surface area contributed by atoms with Crippen molar-refractivity contribution in [2.24, 2.45) is 0 Å². The number of hydrogen-bond donors (Lipinski definition) is 1. The summed E-state index contributed by atoms with van der Waals surface area (Å²) in [5, 5.41) is 7.41. The quantitative estimate of drug-likeness (QED) is 0.865. The summed E-state index contributed by atoms with van der Waals surface area (Å²) in [6.45, 7) is 7.73. The van der Waals surface area contributed by atoms with Gasteiger partial charge in [0.1, 0.15) is 0 Å². The van der Waals surface area contributed by atoms with Crippen LogP contribution in [0.5, 0.6) is 0 Å². The van der Waals surface area contributed by atoms with Gasteiger partial charge in [0.2, 0.25) is 0 Å². The van der Waals surface area contributed by atoms with Gasteiger partial charge in [0.25, 0.3) is 5.91 Å². The molecular formula is C22H29N5O2. The Balaban J connectivity index is 1.34. The Bertz CT molecular complexity index is 881. The Hall–Kier alpha value is -2.83. The smallest absolute Gasteiger partial charge is 0.317 e. The van der Waals surface area contributed by atoms with Crippen molar-refractivity contribution in [3.05, 3.63) is 52.8 Å². The van der Waals surface area contributed by atoms with E-state index in [0.717, 1.165) is 54.9 Å². The van der Waals surface area contributed by atoms with E-state index in [1.807, 2.05) is 45.7 Å². The molecule has 0 radical (unpaired) electrons. The molecule has 0 aliphatic carbocycles. The maximum absolute atomic E-state index is 12.9. The lowest BCUT2D eigenvalue weighted by molar-refractivity contribution is 0.0642. The van der Waals surface area contributed by atoms with Crippen molar-refractivity contribution in [3.63, 3.8) is 0 Å². The summed E-state index contributed by atoms with van der Waals surface area (Å²) in [5.41, 5.74) is 3.99. The van der Waals surface area contributed by atoms with Gasteiger partial charge in [-0.1, -0.05) is 12.1 Å². The van der Waals surface area contributed by atoms with E-state index in [-0.39, 0.29) is 18.0 Å². The minimum Gasteiger partial charge on any atom is -0.338 e. The first kappa shape index (κ1) is 19.5. The molecule has 0 atom stereocenters. The van der Waals surface area contributed by atoms with Crippen molar-refractivity contribution in [2.75, 3.05) is 26.2 Å². The lowest BCUT2D eigenvalue weighted by Gasteiger charge is -2.40. The Morgan fingerprint density at radius 3 is 2.48 bits per heavy atom. The Morgan fingerprint density at radius 1 is 1.14 bits per heavy atom. The second-order valence-electron chi connectivity index (χ2n) is 8.08. The average Bonchev–Trinajstić information content (AvgIpc) is 3.05. The fourth-order valence-electron chi connectivity index (χ4n) is 4.32. The van der Waals surface area contributed by atoms with Crippen molar-refractivity contribution < 1.29 is 9.59 Å². The first-order valence-electron chi connectivity index (χ1n) is 10.4. The van der Waals surface area contributed by atoms with E-state index < -0.39 is 0 Å². The van der Waals surface area contributed by atoms with Crippen LogP contribution >= 0.6 is 0 Å². The van der Waals surface area contributed by atoms with Gasteiger partial charge in [-0.3, -0.25) is 9.48 Å². The number of aromatic nitrogens is 2. The number of carbonyl (C=O) groups is 2. The van der Waals surface area contributed by atoms with Crippen molar-refractivity contribution >= 4 is 11.9 Å². The van der Waals surface area contributed by atoms with Crippen LogP contribution in [0.2, 0.25) is 0 Å². The molecule has 154 valence electrons. The van der Waals surface area contributed by atoms with Gasteiger partial charge < -0.3 is 15.1 Å². The summed E-state index contributed by atoms with van der Waals surface area (Å²) in [7, 11) is 0. The maximum atomic E-state index is 12.9. The van der Waals surface area contributed by atoms with Gasteiger partial charge in [0.05, 0.1) is 12.2 Å². The van der Waals surface area contributed by atoms with Gasteiger partial charge >= 0.3 is 6.03 Å². The van der Waals surface area contributed by atoms with Crippen LogP contribution in [0, 0.1) is 13.8 Å². The van der Waals surface area contributed by atoms with Gasteiger partial charge in [-0.05, 0) is 56.9 Å². The van der Waals surface area contributed by atoms with Gasteiger partial charge in [0.15, 0.2) is 0 Å². The highest BCUT2D eigenvalue weighted by atomic mass is 16.2. The Morgan fingerprint density at radius 2 is 1.86 bits per heavy atom. The van der Waals surface area contributed by atoms with Crippen molar-refractivity contribution in [1.82, 2.24) is 24.9 Å². The van der Waals surface area contributed by atoms with E-state index in [1.54, 1.807) is 0 Å². The molecule has 3 heterocycles. The molecule has 1 aromatic heterocycles. The monoisotopic (exact) mass is 395 g/mol.